The summed E-state index contributed by atoms with van der Waals surface area (Å²) in [6.07, 6.45) is -3.98. The van der Waals surface area contributed by atoms with E-state index in [1.807, 2.05) is 0 Å². The molecule has 0 aromatic heterocycles. The summed E-state index contributed by atoms with van der Waals surface area (Å²) in [6.45, 7) is 0.276. The van der Waals surface area contributed by atoms with Gasteiger partial charge in [-0.15, -0.1) is 0 Å². The number of hydrogen-bond donors (Lipinski definition) is 1. The van der Waals surface area contributed by atoms with E-state index in [4.69, 9.17) is 0 Å². The second-order valence-corrected chi connectivity index (χ2v) is 7.92. The number of carbonyl (C=O) groups excluding carboxylic acids is 1. The summed E-state index contributed by atoms with van der Waals surface area (Å²) in [5.74, 6) is -1.97. The Morgan fingerprint density at radius 1 is 1.33 bits per heavy atom. The van der Waals surface area contributed by atoms with Crippen LogP contribution in [0.25, 0.3) is 0 Å². The van der Waals surface area contributed by atoms with Crippen molar-refractivity contribution in [3.63, 3.8) is 0 Å². The van der Waals surface area contributed by atoms with Crippen molar-refractivity contribution in [2.75, 3.05) is 31.1 Å². The first-order valence-corrected chi connectivity index (χ1v) is 8.78. The van der Waals surface area contributed by atoms with E-state index in [9.17, 15) is 26.4 Å². The van der Waals surface area contributed by atoms with Crippen molar-refractivity contribution in [2.45, 2.75) is 31.5 Å². The molecule has 2 fully saturated rings. The lowest BCUT2D eigenvalue weighted by molar-refractivity contribution is -0.188. The van der Waals surface area contributed by atoms with Gasteiger partial charge in [-0.25, -0.2) is 8.42 Å². The molecule has 1 amide bonds. The second kappa shape index (κ2) is 6.12. The van der Waals surface area contributed by atoms with Crippen LogP contribution >= 0.6 is 0 Å². The van der Waals surface area contributed by atoms with Gasteiger partial charge >= 0.3 is 6.18 Å². The van der Waals surface area contributed by atoms with E-state index in [0.717, 1.165) is 0 Å². The van der Waals surface area contributed by atoms with Crippen molar-refractivity contribution < 1.29 is 26.4 Å². The first-order valence-electron chi connectivity index (χ1n) is 6.96. The quantitative estimate of drug-likeness (QED) is 0.805. The molecule has 0 bridgehead atoms. The molecule has 0 radical (unpaired) electrons. The third kappa shape index (κ3) is 4.57. The molecule has 5 nitrogen and oxygen atoms in total. The van der Waals surface area contributed by atoms with Crippen LogP contribution in [-0.4, -0.2) is 62.6 Å². The molecule has 2 aliphatic heterocycles. The summed E-state index contributed by atoms with van der Waals surface area (Å²) in [5, 5.41) is 2.94. The predicted molar refractivity (Wildman–Crippen MR) is 70.4 cm³/mol. The maximum Gasteiger partial charge on any atom is 0.393 e. The maximum absolute atomic E-state index is 12.7. The van der Waals surface area contributed by atoms with Gasteiger partial charge in [0.05, 0.1) is 17.4 Å². The minimum Gasteiger partial charge on any atom is -0.342 e. The molecule has 2 rings (SSSR count). The SMILES string of the molecule is O=C(CC1CS(=O)(=O)CCN1)N1CCCC(C(F)(F)F)C1. The summed E-state index contributed by atoms with van der Waals surface area (Å²) < 4.78 is 61.1. The normalized spacial score (nSPS) is 30.1. The Kier molecular flexibility index (Phi) is 4.82. The summed E-state index contributed by atoms with van der Waals surface area (Å²) in [5.41, 5.74) is 0. The highest BCUT2D eigenvalue weighted by Gasteiger charge is 2.42. The Hall–Kier alpha value is -0.830. The lowest BCUT2D eigenvalue weighted by atomic mass is 9.97. The molecule has 0 aromatic carbocycles. The number of rotatable bonds is 2. The highest BCUT2D eigenvalue weighted by Crippen LogP contribution is 2.33. The van der Waals surface area contributed by atoms with Gasteiger partial charge < -0.3 is 10.2 Å². The molecular formula is C12H19F3N2O3S. The van der Waals surface area contributed by atoms with Crippen LogP contribution in [0, 0.1) is 5.92 Å². The first kappa shape index (κ1) is 16.5. The van der Waals surface area contributed by atoms with E-state index in [2.05, 4.69) is 5.32 Å². The number of hydrogen-bond acceptors (Lipinski definition) is 4. The van der Waals surface area contributed by atoms with E-state index in [1.54, 1.807) is 0 Å². The number of amides is 1. The molecular weight excluding hydrogens is 309 g/mol. The summed E-state index contributed by atoms with van der Waals surface area (Å²) in [7, 11) is -3.16. The van der Waals surface area contributed by atoms with Gasteiger partial charge in [0, 0.05) is 32.1 Å². The maximum atomic E-state index is 12.7. The highest BCUT2D eigenvalue weighted by atomic mass is 32.2. The topological polar surface area (TPSA) is 66.5 Å². The lowest BCUT2D eigenvalue weighted by Crippen LogP contribution is -2.50. The number of piperidine rings is 1. The Morgan fingerprint density at radius 3 is 2.67 bits per heavy atom. The zero-order chi connectivity index (χ0) is 15.7. The Labute approximate surface area is 121 Å². The van der Waals surface area contributed by atoms with E-state index < -0.39 is 33.9 Å². The van der Waals surface area contributed by atoms with Gasteiger partial charge in [0.2, 0.25) is 5.91 Å². The smallest absolute Gasteiger partial charge is 0.342 e. The van der Waals surface area contributed by atoms with Crippen LogP contribution in [0.4, 0.5) is 13.2 Å². The minimum atomic E-state index is -4.29. The number of likely N-dealkylation sites (tertiary alicyclic amines) is 1. The Bertz CT molecular complexity index is 492. The van der Waals surface area contributed by atoms with Crippen molar-refractivity contribution >= 4 is 15.7 Å². The molecule has 2 saturated heterocycles. The van der Waals surface area contributed by atoms with Crippen molar-refractivity contribution in [3.8, 4) is 0 Å². The molecule has 0 spiro atoms. The standard InChI is InChI=1S/C12H19F3N2O3S/c13-12(14,15)9-2-1-4-17(7-9)11(18)6-10-8-21(19,20)5-3-16-10/h9-10,16H,1-8H2. The molecule has 1 N–H and O–H groups in total. The van der Waals surface area contributed by atoms with E-state index in [1.165, 1.54) is 4.90 Å². The number of nitrogens with one attached hydrogen (secondary N) is 1. The van der Waals surface area contributed by atoms with Crippen LogP contribution in [0.2, 0.25) is 0 Å². The summed E-state index contributed by atoms with van der Waals surface area (Å²) in [6, 6.07) is -0.498. The molecule has 2 heterocycles. The van der Waals surface area contributed by atoms with Crippen LogP contribution in [0.5, 0.6) is 0 Å². The molecule has 2 aliphatic rings. The van der Waals surface area contributed by atoms with Crippen molar-refractivity contribution in [2.24, 2.45) is 5.92 Å². The first-order chi connectivity index (χ1) is 9.67. The van der Waals surface area contributed by atoms with Gasteiger partial charge in [-0.05, 0) is 12.8 Å². The Morgan fingerprint density at radius 2 is 2.05 bits per heavy atom. The fraction of sp³-hybridized carbons (Fsp3) is 0.917. The average molecular weight is 328 g/mol. The van der Waals surface area contributed by atoms with Crippen LogP contribution < -0.4 is 5.32 Å². The molecule has 21 heavy (non-hydrogen) atoms. The number of sulfone groups is 1. The number of carbonyl (C=O) groups is 1. The zero-order valence-electron chi connectivity index (χ0n) is 11.5. The van der Waals surface area contributed by atoms with Crippen LogP contribution in [0.15, 0.2) is 0 Å². The van der Waals surface area contributed by atoms with Crippen molar-refractivity contribution in [1.29, 1.82) is 0 Å². The molecule has 2 unspecified atom stereocenters. The minimum absolute atomic E-state index is 0.0392. The monoisotopic (exact) mass is 328 g/mol. The van der Waals surface area contributed by atoms with Crippen molar-refractivity contribution in [3.05, 3.63) is 0 Å². The number of nitrogens with zero attached hydrogens (tertiary/aromatic N) is 1. The lowest BCUT2D eigenvalue weighted by Gasteiger charge is -2.35. The Balaban J connectivity index is 1.91. The van der Waals surface area contributed by atoms with E-state index >= 15 is 0 Å². The van der Waals surface area contributed by atoms with Gasteiger partial charge in [0.25, 0.3) is 0 Å². The van der Waals surface area contributed by atoms with E-state index in [0.29, 0.717) is 13.0 Å². The summed E-state index contributed by atoms with van der Waals surface area (Å²) in [4.78, 5) is 13.3. The third-order valence-electron chi connectivity index (χ3n) is 3.96. The molecule has 9 heteroatoms. The van der Waals surface area contributed by atoms with Gasteiger partial charge in [-0.1, -0.05) is 0 Å². The fourth-order valence-electron chi connectivity index (χ4n) is 2.81. The predicted octanol–water partition coefficient (Wildman–Crippen LogP) is 0.564. The second-order valence-electron chi connectivity index (χ2n) is 5.69. The fourth-order valence-corrected chi connectivity index (χ4v) is 4.25. The average Bonchev–Trinajstić information content (AvgIpc) is 2.36. The summed E-state index contributed by atoms with van der Waals surface area (Å²) >= 11 is 0. The number of halogens is 3. The number of alkyl halides is 3. The molecule has 2 atom stereocenters. The van der Waals surface area contributed by atoms with Gasteiger partial charge in [0.1, 0.15) is 0 Å². The van der Waals surface area contributed by atoms with Gasteiger partial charge in [-0.2, -0.15) is 13.2 Å². The molecule has 0 aromatic rings. The largest absolute Gasteiger partial charge is 0.393 e. The van der Waals surface area contributed by atoms with Crippen LogP contribution in [-0.2, 0) is 14.6 Å². The third-order valence-corrected chi connectivity index (χ3v) is 5.70. The van der Waals surface area contributed by atoms with E-state index in [-0.39, 0.29) is 37.4 Å². The molecule has 122 valence electrons. The van der Waals surface area contributed by atoms with Gasteiger partial charge in [-0.3, -0.25) is 4.79 Å². The molecule has 0 aliphatic carbocycles. The zero-order valence-corrected chi connectivity index (χ0v) is 12.3. The van der Waals surface area contributed by atoms with Crippen LogP contribution in [0.1, 0.15) is 19.3 Å². The van der Waals surface area contributed by atoms with Crippen molar-refractivity contribution in [1.82, 2.24) is 10.2 Å². The molecule has 0 saturated carbocycles. The highest BCUT2D eigenvalue weighted by molar-refractivity contribution is 7.91. The van der Waals surface area contributed by atoms with Crippen LogP contribution in [0.3, 0.4) is 0 Å². The van der Waals surface area contributed by atoms with Gasteiger partial charge in [0.15, 0.2) is 9.84 Å².